The maximum atomic E-state index is 9.82. The van der Waals surface area contributed by atoms with Gasteiger partial charge in [-0.1, -0.05) is 49.7 Å². The van der Waals surface area contributed by atoms with Crippen LogP contribution in [-0.2, 0) is 13.1 Å². The number of hydrogen-bond donors (Lipinski definition) is 4. The van der Waals surface area contributed by atoms with Crippen molar-refractivity contribution in [2.24, 2.45) is 5.92 Å². The Morgan fingerprint density at radius 1 is 0.886 bits per heavy atom. The van der Waals surface area contributed by atoms with Gasteiger partial charge in [-0.15, -0.1) is 0 Å². The minimum Gasteiger partial charge on any atom is -0.393 e. The first-order chi connectivity index (χ1) is 17.2. The summed E-state index contributed by atoms with van der Waals surface area (Å²) in [5.41, 5.74) is 4.17. The maximum Gasteiger partial charge on any atom is 0.224 e. The molecule has 35 heavy (non-hydrogen) atoms. The number of unbranched alkanes of at least 4 members (excludes halogenated alkanes) is 1. The standard InChI is InChI=1S/C28H38N6O/c1-2-3-15-30-28-33-20-25(27(34-28)32-18-22-9-12-24(35)13-10-22)26-14-11-23(19-31-26)17-29-16-21-7-5-4-6-8-21/h4-8,11,14,19-20,22,24,29,35H,2-3,9-10,12-13,15-18H2,1H3,(H2,30,32,33,34). The van der Waals surface area contributed by atoms with Crippen LogP contribution in [0, 0.1) is 5.92 Å². The molecule has 0 aliphatic heterocycles. The number of rotatable bonds is 12. The van der Waals surface area contributed by atoms with Gasteiger partial charge in [-0.3, -0.25) is 4.98 Å². The minimum absolute atomic E-state index is 0.139. The summed E-state index contributed by atoms with van der Waals surface area (Å²) in [4.78, 5) is 14.1. The third-order valence-electron chi connectivity index (χ3n) is 6.58. The molecule has 7 nitrogen and oxygen atoms in total. The van der Waals surface area contributed by atoms with Gasteiger partial charge >= 0.3 is 0 Å². The molecule has 0 atom stereocenters. The zero-order valence-electron chi connectivity index (χ0n) is 20.7. The average molecular weight is 475 g/mol. The molecule has 0 spiro atoms. The number of nitrogens with zero attached hydrogens (tertiary/aromatic N) is 3. The minimum atomic E-state index is -0.139. The van der Waals surface area contributed by atoms with Crippen LogP contribution in [0.1, 0.15) is 56.6 Å². The SMILES string of the molecule is CCCCNc1ncc(-c2ccc(CNCc3ccccc3)cn2)c(NCC2CCC(O)CC2)n1. The van der Waals surface area contributed by atoms with Crippen molar-refractivity contribution < 1.29 is 5.11 Å². The van der Waals surface area contributed by atoms with Gasteiger partial charge in [-0.25, -0.2) is 4.98 Å². The Kier molecular flexibility index (Phi) is 9.43. The fourth-order valence-electron chi connectivity index (χ4n) is 4.39. The van der Waals surface area contributed by atoms with E-state index in [1.54, 1.807) is 0 Å². The Hall–Kier alpha value is -3.03. The summed E-state index contributed by atoms with van der Waals surface area (Å²) in [6.45, 7) is 5.46. The number of nitrogens with one attached hydrogen (secondary N) is 3. The van der Waals surface area contributed by atoms with Gasteiger partial charge < -0.3 is 21.1 Å². The zero-order valence-corrected chi connectivity index (χ0v) is 20.7. The molecule has 4 N–H and O–H groups in total. The van der Waals surface area contributed by atoms with Crippen LogP contribution < -0.4 is 16.0 Å². The van der Waals surface area contributed by atoms with Gasteiger partial charge in [-0.2, -0.15) is 4.98 Å². The van der Waals surface area contributed by atoms with Gasteiger partial charge in [0.25, 0.3) is 0 Å². The fraction of sp³-hybridized carbons (Fsp3) is 0.464. The molecule has 0 bridgehead atoms. The molecule has 0 amide bonds. The number of aliphatic hydroxyl groups excluding tert-OH is 1. The van der Waals surface area contributed by atoms with Crippen molar-refractivity contribution in [1.82, 2.24) is 20.3 Å². The molecule has 1 saturated carbocycles. The molecule has 2 aromatic heterocycles. The van der Waals surface area contributed by atoms with Crippen molar-refractivity contribution in [2.75, 3.05) is 23.7 Å². The summed E-state index contributed by atoms with van der Waals surface area (Å²) in [5, 5.41) is 20.2. The second-order valence-corrected chi connectivity index (χ2v) is 9.43. The molecule has 7 heteroatoms. The molecule has 2 heterocycles. The van der Waals surface area contributed by atoms with Crippen LogP contribution in [-0.4, -0.2) is 39.3 Å². The lowest BCUT2D eigenvalue weighted by atomic mass is 9.87. The number of anilines is 2. The van der Waals surface area contributed by atoms with Crippen molar-refractivity contribution in [3.05, 3.63) is 66.0 Å². The van der Waals surface area contributed by atoms with E-state index in [9.17, 15) is 5.11 Å². The second-order valence-electron chi connectivity index (χ2n) is 9.43. The molecule has 0 saturated heterocycles. The zero-order chi connectivity index (χ0) is 24.3. The molecule has 1 fully saturated rings. The molecular weight excluding hydrogens is 436 g/mol. The number of aromatic nitrogens is 3. The van der Waals surface area contributed by atoms with Crippen LogP contribution in [0.15, 0.2) is 54.9 Å². The second kappa shape index (κ2) is 13.2. The van der Waals surface area contributed by atoms with Crippen LogP contribution in [0.25, 0.3) is 11.3 Å². The van der Waals surface area contributed by atoms with E-state index in [4.69, 9.17) is 9.97 Å². The van der Waals surface area contributed by atoms with Crippen LogP contribution in [0.2, 0.25) is 0 Å². The average Bonchev–Trinajstić information content (AvgIpc) is 2.90. The van der Waals surface area contributed by atoms with E-state index in [2.05, 4.69) is 58.2 Å². The smallest absolute Gasteiger partial charge is 0.224 e. The van der Waals surface area contributed by atoms with Gasteiger partial charge in [0.1, 0.15) is 5.82 Å². The van der Waals surface area contributed by atoms with Crippen LogP contribution in [0.5, 0.6) is 0 Å². The van der Waals surface area contributed by atoms with Gasteiger partial charge in [0, 0.05) is 38.6 Å². The Morgan fingerprint density at radius 2 is 1.69 bits per heavy atom. The molecule has 3 aromatic rings. The molecule has 4 rings (SSSR count). The highest BCUT2D eigenvalue weighted by molar-refractivity contribution is 5.72. The lowest BCUT2D eigenvalue weighted by molar-refractivity contribution is 0.111. The van der Waals surface area contributed by atoms with Crippen LogP contribution >= 0.6 is 0 Å². The summed E-state index contributed by atoms with van der Waals surface area (Å²) in [6.07, 6.45) is 9.71. The number of pyridine rings is 1. The summed E-state index contributed by atoms with van der Waals surface area (Å²) in [5.74, 6) is 2.00. The van der Waals surface area contributed by atoms with E-state index in [1.165, 1.54) is 5.56 Å². The Labute approximate surface area is 208 Å². The van der Waals surface area contributed by atoms with Crippen LogP contribution in [0.4, 0.5) is 11.8 Å². The van der Waals surface area contributed by atoms with Crippen molar-refractivity contribution >= 4 is 11.8 Å². The first-order valence-electron chi connectivity index (χ1n) is 12.9. The van der Waals surface area contributed by atoms with E-state index in [0.29, 0.717) is 11.9 Å². The van der Waals surface area contributed by atoms with E-state index >= 15 is 0 Å². The quantitative estimate of drug-likeness (QED) is 0.274. The fourth-order valence-corrected chi connectivity index (χ4v) is 4.39. The molecule has 186 valence electrons. The number of aliphatic hydroxyl groups is 1. The van der Waals surface area contributed by atoms with E-state index < -0.39 is 0 Å². The largest absolute Gasteiger partial charge is 0.393 e. The normalized spacial score (nSPS) is 17.8. The van der Waals surface area contributed by atoms with E-state index in [1.807, 2.05) is 24.5 Å². The topological polar surface area (TPSA) is 95.0 Å². The molecular formula is C28H38N6O. The Balaban J connectivity index is 1.42. The molecule has 0 radical (unpaired) electrons. The summed E-state index contributed by atoms with van der Waals surface area (Å²) in [6, 6.07) is 14.6. The molecule has 1 aliphatic rings. The third kappa shape index (κ3) is 7.73. The lowest BCUT2D eigenvalue weighted by Crippen LogP contribution is -2.24. The Morgan fingerprint density at radius 3 is 2.43 bits per heavy atom. The highest BCUT2D eigenvalue weighted by Gasteiger charge is 2.20. The Bertz CT molecular complexity index is 1020. The van der Waals surface area contributed by atoms with E-state index in [0.717, 1.165) is 87.3 Å². The van der Waals surface area contributed by atoms with Crippen LogP contribution in [0.3, 0.4) is 0 Å². The first-order valence-corrected chi connectivity index (χ1v) is 12.9. The van der Waals surface area contributed by atoms with Crippen molar-refractivity contribution in [3.63, 3.8) is 0 Å². The monoisotopic (exact) mass is 474 g/mol. The number of hydrogen-bond acceptors (Lipinski definition) is 7. The van der Waals surface area contributed by atoms with E-state index in [-0.39, 0.29) is 6.10 Å². The summed E-state index contributed by atoms with van der Waals surface area (Å²) >= 11 is 0. The highest BCUT2D eigenvalue weighted by Crippen LogP contribution is 2.28. The molecule has 1 aromatic carbocycles. The lowest BCUT2D eigenvalue weighted by Gasteiger charge is -2.26. The predicted octanol–water partition coefficient (Wildman–Crippen LogP) is 5.00. The van der Waals surface area contributed by atoms with Crippen molar-refractivity contribution in [2.45, 2.75) is 64.6 Å². The van der Waals surface area contributed by atoms with Gasteiger partial charge in [0.2, 0.25) is 5.95 Å². The summed E-state index contributed by atoms with van der Waals surface area (Å²) < 4.78 is 0. The predicted molar refractivity (Wildman–Crippen MR) is 142 cm³/mol. The highest BCUT2D eigenvalue weighted by atomic mass is 16.3. The third-order valence-corrected chi connectivity index (χ3v) is 6.58. The molecule has 1 aliphatic carbocycles. The van der Waals surface area contributed by atoms with Crippen molar-refractivity contribution in [3.8, 4) is 11.3 Å². The number of benzene rings is 1. The summed E-state index contributed by atoms with van der Waals surface area (Å²) in [7, 11) is 0. The first kappa shape index (κ1) is 25.1. The molecule has 0 unspecified atom stereocenters. The maximum absolute atomic E-state index is 9.82. The van der Waals surface area contributed by atoms with Gasteiger partial charge in [0.05, 0.1) is 17.4 Å². The van der Waals surface area contributed by atoms with Gasteiger partial charge in [0.15, 0.2) is 0 Å². The van der Waals surface area contributed by atoms with Gasteiger partial charge in [-0.05, 0) is 55.2 Å². The van der Waals surface area contributed by atoms with Crippen molar-refractivity contribution in [1.29, 1.82) is 0 Å².